The Morgan fingerprint density at radius 3 is 2.51 bits per heavy atom. The van der Waals surface area contributed by atoms with Crippen molar-refractivity contribution in [1.29, 1.82) is 0 Å². The predicted molar refractivity (Wildman–Crippen MR) is 311 cm³/mol. The first-order chi connectivity index (χ1) is 38.5. The van der Waals surface area contributed by atoms with Crippen LogP contribution in [0.2, 0.25) is 0 Å². The third-order valence-electron chi connectivity index (χ3n) is 16.5. The minimum atomic E-state index is -3.04. The Balaban J connectivity index is 1.10. The quantitative estimate of drug-likeness (QED) is 0.0631. The van der Waals surface area contributed by atoms with Gasteiger partial charge < -0.3 is 39.8 Å². The van der Waals surface area contributed by atoms with Gasteiger partial charge in [-0.3, -0.25) is 34.1 Å². The number of cyclic esters (lactones) is 1. The first-order valence-electron chi connectivity index (χ1n) is 28.3. The lowest BCUT2D eigenvalue weighted by atomic mass is 9.84. The molecular formula is C62H78N8O10S. The lowest BCUT2D eigenvalue weighted by Crippen LogP contribution is -2.62. The molecule has 0 spiro atoms. The molecule has 9 rings (SSSR count). The summed E-state index contributed by atoms with van der Waals surface area (Å²) in [4.78, 5) is 67.0. The van der Waals surface area contributed by atoms with Crippen LogP contribution in [0.3, 0.4) is 0 Å². The molecule has 81 heavy (non-hydrogen) atoms. The summed E-state index contributed by atoms with van der Waals surface area (Å²) in [5, 5.41) is 16.9. The Kier molecular flexibility index (Phi) is 17.7. The van der Waals surface area contributed by atoms with E-state index in [4.69, 9.17) is 24.9 Å². The molecule has 4 aliphatic rings. The molecule has 0 aliphatic carbocycles. The zero-order valence-corrected chi connectivity index (χ0v) is 49.0. The van der Waals surface area contributed by atoms with Crippen LogP contribution in [0.5, 0.6) is 5.75 Å². The summed E-state index contributed by atoms with van der Waals surface area (Å²) in [6, 6.07) is 16.0. The number of pyridine rings is 1. The van der Waals surface area contributed by atoms with Crippen molar-refractivity contribution in [2.75, 3.05) is 70.8 Å². The van der Waals surface area contributed by atoms with Crippen LogP contribution in [-0.2, 0) is 62.6 Å². The fraction of sp³-hybridized carbons (Fsp3) is 0.500. The maximum atomic E-state index is 15.0. The number of likely N-dealkylation sites (N-methyl/N-ethyl adjacent to an activating group) is 1. The first-order valence-corrected chi connectivity index (χ1v) is 30.1. The van der Waals surface area contributed by atoms with Gasteiger partial charge in [0.05, 0.1) is 42.1 Å². The minimum Gasteiger partial charge on any atom is -0.508 e. The van der Waals surface area contributed by atoms with E-state index in [0.717, 1.165) is 44.4 Å². The molecule has 3 saturated heterocycles. The summed E-state index contributed by atoms with van der Waals surface area (Å²) < 4.78 is 44.7. The Labute approximate surface area is 475 Å². The molecule has 5 aromatic rings. The van der Waals surface area contributed by atoms with E-state index in [1.807, 2.05) is 69.0 Å². The molecule has 3 amide bonds. The van der Waals surface area contributed by atoms with Crippen LogP contribution >= 0.6 is 0 Å². The van der Waals surface area contributed by atoms with Gasteiger partial charge in [0, 0.05) is 98.6 Å². The van der Waals surface area contributed by atoms with Crippen molar-refractivity contribution < 1.29 is 46.9 Å². The number of phenols is 1. The number of hydrazine groups is 1. The number of nitrogens with two attached hydrogens (primary N) is 1. The molecule has 3 fully saturated rings. The molecule has 6 heterocycles. The molecule has 0 unspecified atom stereocenters. The number of anilines is 1. The number of aromatic nitrogens is 2. The topological polar surface area (TPSA) is 228 Å². The maximum Gasteiger partial charge on any atom is 0.324 e. The number of nitrogens with zero attached hydrogens (tertiary/aromatic N) is 5. The summed E-state index contributed by atoms with van der Waals surface area (Å²) >= 11 is 0. The predicted octanol–water partition coefficient (Wildman–Crippen LogP) is 6.48. The molecule has 0 radical (unpaired) electrons. The number of hydrogen-bond donors (Lipinski definition) is 4. The molecule has 5 N–H and O–H groups in total. The van der Waals surface area contributed by atoms with Crippen molar-refractivity contribution in [3.63, 3.8) is 0 Å². The van der Waals surface area contributed by atoms with Gasteiger partial charge in [-0.05, 0) is 122 Å². The third-order valence-corrected chi connectivity index (χ3v) is 18.1. The van der Waals surface area contributed by atoms with E-state index in [2.05, 4.69) is 60.1 Å². The SMILES string of the molecule is CCn1c(-c2cc(C#CCN3CCS(=O)(=O)CC3)cnc2[C@H](C)OC)c2c3cc(ccc31)-c1cc(O)cc(c1)C[C@H](NC(=O)[C@H](C(C)C)N(C)C(=O)[C@H]1OCC[C@H]1c1ccc(N)c(C)c1)C(=O)N1CCC[C@H](N1)C(=O)OCC(C)(C)C2. The highest BCUT2D eigenvalue weighted by molar-refractivity contribution is 7.91. The van der Waals surface area contributed by atoms with Crippen LogP contribution in [0, 0.1) is 30.1 Å². The monoisotopic (exact) mass is 1130 g/mol. The van der Waals surface area contributed by atoms with Crippen LogP contribution in [0.1, 0.15) is 106 Å². The Bertz CT molecular complexity index is 3390. The number of esters is 1. The van der Waals surface area contributed by atoms with E-state index < -0.39 is 63.4 Å². The van der Waals surface area contributed by atoms with E-state index in [0.29, 0.717) is 86.5 Å². The standard InChI is InChI=1S/C62H78N8O10S/c1-10-69-53-18-16-42-33-47(53)49(56(69)48-30-40(35-64-54(48)39(5)78-9)13-11-20-68-22-25-81(76,77)26-23-68)34-62(6,7)36-80-61(75)51-14-12-21-70(66-51)59(73)52(31-41-28-44(42)32-45(71)29-41)65-58(72)55(37(2)3)67(8)60(74)57-46(19-24-79-57)43-15-17-50(63)38(4)27-43/h15-18,27-30,32-33,35,37,39,46,51-52,55,57,66,71H,10,12,14,19-26,31,34,36,63H2,1-9H3,(H,65,72)/t39-,46-,51-,52-,55-,57-/m0/s1. The number of nitrogens with one attached hydrogen (secondary N) is 2. The molecule has 6 bridgehead atoms. The van der Waals surface area contributed by atoms with Crippen LogP contribution in [-0.4, -0.2) is 151 Å². The van der Waals surface area contributed by atoms with Gasteiger partial charge in [-0.1, -0.05) is 63.8 Å². The van der Waals surface area contributed by atoms with Crippen LogP contribution < -0.4 is 16.5 Å². The number of methoxy groups -OCH3 is 1. The first kappa shape index (κ1) is 58.8. The number of sulfone groups is 1. The van der Waals surface area contributed by atoms with Gasteiger partial charge >= 0.3 is 5.97 Å². The van der Waals surface area contributed by atoms with E-state index >= 15 is 0 Å². The lowest BCUT2D eigenvalue weighted by Gasteiger charge is -2.37. The van der Waals surface area contributed by atoms with Crippen LogP contribution in [0.15, 0.2) is 66.9 Å². The zero-order chi connectivity index (χ0) is 58.1. The number of aryl methyl sites for hydroxylation is 2. The average Bonchev–Trinajstić information content (AvgIpc) is 4.06. The molecule has 432 valence electrons. The van der Waals surface area contributed by atoms with Gasteiger partial charge in [0.1, 0.15) is 30.0 Å². The number of carbonyl (C=O) groups excluding carboxylic acids is 4. The molecule has 6 atom stereocenters. The van der Waals surface area contributed by atoms with E-state index in [1.165, 1.54) is 9.91 Å². The number of amides is 3. The second-order valence-corrected chi connectivity index (χ2v) is 25.7. The highest BCUT2D eigenvalue weighted by atomic mass is 32.2. The number of rotatable bonds is 11. The molecule has 3 aromatic carbocycles. The number of hydrogen-bond acceptors (Lipinski definition) is 14. The minimum absolute atomic E-state index is 0.0399. The Hall–Kier alpha value is -6.82. The summed E-state index contributed by atoms with van der Waals surface area (Å²) in [7, 11) is 0.205. The Morgan fingerprint density at radius 1 is 1.02 bits per heavy atom. The largest absolute Gasteiger partial charge is 0.508 e. The van der Waals surface area contributed by atoms with Gasteiger partial charge in [0.2, 0.25) is 5.91 Å². The number of benzene rings is 3. The van der Waals surface area contributed by atoms with Gasteiger partial charge in [-0.2, -0.15) is 0 Å². The second-order valence-electron chi connectivity index (χ2n) is 23.4. The van der Waals surface area contributed by atoms with Gasteiger partial charge in [0.25, 0.3) is 11.8 Å². The Morgan fingerprint density at radius 2 is 1.79 bits per heavy atom. The summed E-state index contributed by atoms with van der Waals surface area (Å²) in [6.07, 6.45) is 2.40. The molecule has 4 aliphatic heterocycles. The number of carbonyl (C=O) groups is 4. The lowest BCUT2D eigenvalue weighted by molar-refractivity contribution is -0.155. The number of phenolic OH excluding ortho intramolecular Hbond substituents is 1. The van der Waals surface area contributed by atoms with Crippen molar-refractivity contribution in [1.82, 2.24) is 35.1 Å². The normalized spacial score (nSPS) is 22.1. The van der Waals surface area contributed by atoms with Gasteiger partial charge in [-0.15, -0.1) is 0 Å². The van der Waals surface area contributed by atoms with Crippen molar-refractivity contribution in [2.45, 2.75) is 123 Å². The van der Waals surface area contributed by atoms with Gasteiger partial charge in [-0.25, -0.2) is 13.8 Å². The smallest absolute Gasteiger partial charge is 0.324 e. The molecule has 0 saturated carbocycles. The summed E-state index contributed by atoms with van der Waals surface area (Å²) in [6.45, 7) is 16.3. The second kappa shape index (κ2) is 24.3. The molecular weight excluding hydrogens is 1050 g/mol. The van der Waals surface area contributed by atoms with Gasteiger partial charge in [0.15, 0.2) is 9.84 Å². The fourth-order valence-corrected chi connectivity index (χ4v) is 13.2. The average molecular weight is 1130 g/mol. The summed E-state index contributed by atoms with van der Waals surface area (Å²) in [5.74, 6) is 4.21. The third kappa shape index (κ3) is 13.0. The fourth-order valence-electron chi connectivity index (χ4n) is 12.0. The van der Waals surface area contributed by atoms with E-state index in [1.54, 1.807) is 32.5 Å². The van der Waals surface area contributed by atoms with Crippen molar-refractivity contribution >= 4 is 50.1 Å². The van der Waals surface area contributed by atoms with Crippen LogP contribution in [0.25, 0.3) is 33.3 Å². The maximum absolute atomic E-state index is 15.0. The molecule has 19 heteroatoms. The zero-order valence-electron chi connectivity index (χ0n) is 48.1. The summed E-state index contributed by atoms with van der Waals surface area (Å²) in [5.41, 5.74) is 18.2. The van der Waals surface area contributed by atoms with E-state index in [-0.39, 0.29) is 54.6 Å². The number of ether oxygens (including phenoxy) is 3. The van der Waals surface area contributed by atoms with Crippen LogP contribution in [0.4, 0.5) is 5.69 Å². The highest BCUT2D eigenvalue weighted by Crippen LogP contribution is 2.43. The van der Waals surface area contributed by atoms with Crippen molar-refractivity contribution in [3.8, 4) is 40.0 Å². The molecule has 18 nitrogen and oxygen atoms in total. The van der Waals surface area contributed by atoms with Crippen molar-refractivity contribution in [2.24, 2.45) is 11.3 Å². The van der Waals surface area contributed by atoms with Crippen molar-refractivity contribution in [3.05, 3.63) is 100 Å². The highest BCUT2D eigenvalue weighted by Gasteiger charge is 2.43. The molecule has 2 aromatic heterocycles. The number of nitrogen functional groups attached to an aromatic ring is 1. The number of aromatic hydroxyl groups is 1. The number of fused-ring (bicyclic) bond motifs is 6. The van der Waals surface area contributed by atoms with E-state index in [9.17, 15) is 32.7 Å².